The van der Waals surface area contributed by atoms with Gasteiger partial charge < -0.3 is 20.3 Å². The number of para-hydroxylation sites is 2. The number of benzene rings is 2. The number of carbonyl (C=O) groups excluding carboxylic acids is 1. The van der Waals surface area contributed by atoms with Crippen LogP contribution in [0.4, 0.5) is 20.3 Å². The number of alkyl halides is 2. The van der Waals surface area contributed by atoms with Crippen LogP contribution in [0.2, 0.25) is 0 Å². The highest BCUT2D eigenvalue weighted by Crippen LogP contribution is 2.30. The maximum Gasteiger partial charge on any atom is 0.296 e. The Bertz CT molecular complexity index is 1450. The Labute approximate surface area is 217 Å². The molecule has 6 rings (SSSR count). The molecule has 9 nitrogen and oxygen atoms in total. The van der Waals surface area contributed by atoms with Gasteiger partial charge in [0.1, 0.15) is 5.82 Å². The topological polar surface area (TPSA) is 97.2 Å². The molecule has 2 aromatic heterocycles. The Morgan fingerprint density at radius 1 is 1.05 bits per heavy atom. The van der Waals surface area contributed by atoms with E-state index in [0.29, 0.717) is 54.5 Å². The molecule has 0 saturated carbocycles. The summed E-state index contributed by atoms with van der Waals surface area (Å²) in [4.78, 5) is 28.1. The Morgan fingerprint density at radius 3 is 2.58 bits per heavy atom. The van der Waals surface area contributed by atoms with E-state index in [-0.39, 0.29) is 17.9 Å². The number of ether oxygens (including phenoxy) is 1. The Balaban J connectivity index is 1.40. The average Bonchev–Trinajstić information content (AvgIpc) is 3.63. The van der Waals surface area contributed by atoms with Crippen molar-refractivity contribution in [3.63, 3.8) is 0 Å². The van der Waals surface area contributed by atoms with Crippen LogP contribution in [0.5, 0.6) is 0 Å². The highest BCUT2D eigenvalue weighted by atomic mass is 19.3. The lowest BCUT2D eigenvalue weighted by Crippen LogP contribution is -2.37. The number of morpholine rings is 1. The zero-order valence-electron chi connectivity index (χ0n) is 20.6. The number of halogens is 2. The third kappa shape index (κ3) is 4.82. The van der Waals surface area contributed by atoms with Crippen LogP contribution in [0.3, 0.4) is 0 Å². The first-order chi connectivity index (χ1) is 18.6. The Hall–Kier alpha value is -3.96. The molecule has 0 bridgehead atoms. The predicted octanol–water partition coefficient (Wildman–Crippen LogP) is 3.95. The highest BCUT2D eigenvalue weighted by Gasteiger charge is 2.24. The molecule has 196 valence electrons. The molecule has 0 spiro atoms. The van der Waals surface area contributed by atoms with Crippen molar-refractivity contribution in [2.24, 2.45) is 0 Å². The van der Waals surface area contributed by atoms with Gasteiger partial charge in [0.05, 0.1) is 36.0 Å². The van der Waals surface area contributed by atoms with Crippen LogP contribution >= 0.6 is 0 Å². The summed E-state index contributed by atoms with van der Waals surface area (Å²) < 4.78 is 35.0. The fraction of sp³-hybridized carbons (Fsp3) is 0.333. The molecule has 2 aliphatic heterocycles. The fourth-order valence-electron chi connectivity index (χ4n) is 4.89. The smallest absolute Gasteiger partial charge is 0.296 e. The van der Waals surface area contributed by atoms with Crippen molar-refractivity contribution >= 4 is 28.4 Å². The van der Waals surface area contributed by atoms with E-state index in [9.17, 15) is 13.6 Å². The van der Waals surface area contributed by atoms with Gasteiger partial charge in [-0.1, -0.05) is 24.3 Å². The van der Waals surface area contributed by atoms with E-state index in [1.54, 1.807) is 24.3 Å². The van der Waals surface area contributed by atoms with Crippen LogP contribution in [0.25, 0.3) is 28.2 Å². The molecule has 4 heterocycles. The number of nitrogens with zero attached hydrogens (tertiary/aromatic N) is 5. The van der Waals surface area contributed by atoms with Gasteiger partial charge in [0.15, 0.2) is 5.82 Å². The van der Waals surface area contributed by atoms with Crippen molar-refractivity contribution in [3.05, 3.63) is 60.4 Å². The zero-order chi connectivity index (χ0) is 26.1. The second-order valence-electron chi connectivity index (χ2n) is 9.32. The van der Waals surface area contributed by atoms with Crippen LogP contribution < -0.4 is 15.5 Å². The zero-order valence-corrected chi connectivity index (χ0v) is 20.6. The van der Waals surface area contributed by atoms with Gasteiger partial charge in [-0.15, -0.1) is 0 Å². The standard InChI is InChI=1S/C27H27F2N7O2/c28-24(29)25-32-19-4-1-2-6-22(19)36(25)27-33-21(16-23(34-27)35-12-14-38-15-13-35)17-7-9-18(10-8-17)31-26(37)20-5-3-11-30-20/h1-2,4,6-10,16,20,24,30H,3,5,11-15H2,(H,31,37)/t20-/m0/s1. The van der Waals surface area contributed by atoms with E-state index >= 15 is 0 Å². The molecule has 38 heavy (non-hydrogen) atoms. The molecule has 2 N–H and O–H groups in total. The van der Waals surface area contributed by atoms with Gasteiger partial charge in [-0.25, -0.2) is 18.7 Å². The molecular weight excluding hydrogens is 492 g/mol. The lowest BCUT2D eigenvalue weighted by atomic mass is 10.1. The van der Waals surface area contributed by atoms with Crippen molar-refractivity contribution in [2.45, 2.75) is 25.3 Å². The third-order valence-electron chi connectivity index (χ3n) is 6.84. The summed E-state index contributed by atoms with van der Waals surface area (Å²) in [5.74, 6) is 0.282. The first kappa shape index (κ1) is 24.4. The van der Waals surface area contributed by atoms with Crippen LogP contribution in [0, 0.1) is 0 Å². The van der Waals surface area contributed by atoms with Crippen LogP contribution in [-0.4, -0.2) is 64.3 Å². The van der Waals surface area contributed by atoms with E-state index in [4.69, 9.17) is 14.7 Å². The summed E-state index contributed by atoms with van der Waals surface area (Å²) in [6.45, 7) is 3.20. The number of amides is 1. The molecule has 1 atom stereocenters. The van der Waals surface area contributed by atoms with Gasteiger partial charge >= 0.3 is 0 Å². The number of fused-ring (bicyclic) bond motifs is 1. The normalized spacial score (nSPS) is 17.9. The molecule has 11 heteroatoms. The summed E-state index contributed by atoms with van der Waals surface area (Å²) in [5.41, 5.74) is 2.97. The van der Waals surface area contributed by atoms with Crippen LogP contribution in [0.15, 0.2) is 54.6 Å². The van der Waals surface area contributed by atoms with E-state index in [0.717, 1.165) is 24.9 Å². The number of hydrogen-bond donors (Lipinski definition) is 2. The molecular formula is C27H27F2N7O2. The molecule has 2 fully saturated rings. The predicted molar refractivity (Wildman–Crippen MR) is 140 cm³/mol. The molecule has 0 unspecified atom stereocenters. The van der Waals surface area contributed by atoms with Crippen molar-refractivity contribution < 1.29 is 18.3 Å². The van der Waals surface area contributed by atoms with Gasteiger partial charge in [0, 0.05) is 30.4 Å². The van der Waals surface area contributed by atoms with Crippen LogP contribution in [0.1, 0.15) is 25.1 Å². The van der Waals surface area contributed by atoms with Gasteiger partial charge in [0.25, 0.3) is 6.43 Å². The second kappa shape index (κ2) is 10.4. The minimum absolute atomic E-state index is 0.0549. The summed E-state index contributed by atoms with van der Waals surface area (Å²) >= 11 is 0. The number of imidazole rings is 1. The van der Waals surface area contributed by atoms with Crippen molar-refractivity contribution in [1.82, 2.24) is 24.8 Å². The lowest BCUT2D eigenvalue weighted by molar-refractivity contribution is -0.117. The summed E-state index contributed by atoms with van der Waals surface area (Å²) in [7, 11) is 0. The van der Waals surface area contributed by atoms with E-state index < -0.39 is 12.2 Å². The monoisotopic (exact) mass is 519 g/mol. The number of aromatic nitrogens is 4. The molecule has 0 radical (unpaired) electrons. The van der Waals surface area contributed by atoms with Gasteiger partial charge in [-0.05, 0) is 43.7 Å². The maximum absolute atomic E-state index is 14.1. The third-order valence-corrected chi connectivity index (χ3v) is 6.84. The molecule has 0 aliphatic carbocycles. The van der Waals surface area contributed by atoms with Crippen molar-refractivity contribution in [2.75, 3.05) is 43.1 Å². The summed E-state index contributed by atoms with van der Waals surface area (Å²) in [6.07, 6.45) is -1.00. The quantitative estimate of drug-likeness (QED) is 0.398. The summed E-state index contributed by atoms with van der Waals surface area (Å²) in [5, 5.41) is 6.14. The highest BCUT2D eigenvalue weighted by molar-refractivity contribution is 5.95. The maximum atomic E-state index is 14.1. The van der Waals surface area contributed by atoms with E-state index in [1.165, 1.54) is 4.57 Å². The minimum atomic E-state index is -2.81. The number of nitrogens with one attached hydrogen (secondary N) is 2. The number of rotatable bonds is 6. The van der Waals surface area contributed by atoms with Crippen LogP contribution in [-0.2, 0) is 9.53 Å². The number of anilines is 2. The first-order valence-corrected chi connectivity index (χ1v) is 12.7. The SMILES string of the molecule is O=C(Nc1ccc(-c2cc(N3CCOCC3)nc(-n3c(C(F)F)nc4ccccc43)n2)cc1)[C@@H]1CCCN1. The second-order valence-corrected chi connectivity index (χ2v) is 9.32. The van der Waals surface area contributed by atoms with Crippen molar-refractivity contribution in [1.29, 1.82) is 0 Å². The van der Waals surface area contributed by atoms with Gasteiger partial charge in [-0.3, -0.25) is 9.36 Å². The van der Waals surface area contributed by atoms with E-state index in [2.05, 4.69) is 20.5 Å². The molecule has 2 aliphatic rings. The molecule has 2 saturated heterocycles. The number of hydrogen-bond acceptors (Lipinski definition) is 7. The van der Waals surface area contributed by atoms with Crippen molar-refractivity contribution in [3.8, 4) is 17.2 Å². The molecule has 1 amide bonds. The first-order valence-electron chi connectivity index (χ1n) is 12.7. The fourth-order valence-corrected chi connectivity index (χ4v) is 4.89. The Kier molecular flexibility index (Phi) is 6.69. The van der Waals surface area contributed by atoms with Gasteiger partial charge in [0.2, 0.25) is 11.9 Å². The largest absolute Gasteiger partial charge is 0.378 e. The minimum Gasteiger partial charge on any atom is -0.378 e. The lowest BCUT2D eigenvalue weighted by Gasteiger charge is -2.28. The summed E-state index contributed by atoms with van der Waals surface area (Å²) in [6, 6.07) is 16.0. The van der Waals surface area contributed by atoms with E-state index in [1.807, 2.05) is 30.3 Å². The molecule has 2 aromatic carbocycles. The van der Waals surface area contributed by atoms with Gasteiger partial charge in [-0.2, -0.15) is 4.98 Å². The molecule has 4 aromatic rings. The number of carbonyl (C=O) groups is 1. The Morgan fingerprint density at radius 2 is 1.84 bits per heavy atom. The average molecular weight is 520 g/mol.